The van der Waals surface area contributed by atoms with Crippen LogP contribution in [0.25, 0.3) is 0 Å². The lowest BCUT2D eigenvalue weighted by atomic mass is 10.1. The van der Waals surface area contributed by atoms with E-state index < -0.39 is 10.0 Å². The van der Waals surface area contributed by atoms with Crippen LogP contribution in [0.5, 0.6) is 0 Å². The van der Waals surface area contributed by atoms with Crippen LogP contribution in [0.4, 0.5) is 0 Å². The van der Waals surface area contributed by atoms with E-state index in [0.717, 1.165) is 24.4 Å². The van der Waals surface area contributed by atoms with Crippen molar-refractivity contribution in [1.29, 1.82) is 0 Å². The highest BCUT2D eigenvalue weighted by Gasteiger charge is 2.24. The number of nitrogens with zero attached hydrogens (tertiary/aromatic N) is 1. The smallest absolute Gasteiger partial charge is 0.252 e. The third-order valence-electron chi connectivity index (χ3n) is 4.04. The Bertz CT molecular complexity index is 618. The third-order valence-corrected chi connectivity index (χ3v) is 7.70. The van der Waals surface area contributed by atoms with Gasteiger partial charge in [-0.05, 0) is 31.5 Å². The number of carbonyl (C=O) groups excluding carboxylic acids is 1. The Labute approximate surface area is 142 Å². The molecule has 2 heterocycles. The first-order valence-corrected chi connectivity index (χ1v) is 10.3. The molecular formula is C15H25N3O3S2. The number of carbonyl (C=O) groups is 1. The molecule has 1 aliphatic rings. The molecule has 1 aromatic rings. The second-order valence-corrected chi connectivity index (χ2v) is 8.87. The molecule has 0 bridgehead atoms. The van der Waals surface area contributed by atoms with Crippen molar-refractivity contribution < 1.29 is 13.2 Å². The molecule has 130 valence electrons. The quantitative estimate of drug-likeness (QED) is 0.727. The highest BCUT2D eigenvalue weighted by molar-refractivity contribution is 7.91. The Hall–Kier alpha value is -0.960. The zero-order valence-electron chi connectivity index (χ0n) is 13.7. The Morgan fingerprint density at radius 2 is 2.13 bits per heavy atom. The minimum Gasteiger partial charge on any atom is -0.355 e. The minimum atomic E-state index is -3.38. The maximum Gasteiger partial charge on any atom is 0.252 e. The summed E-state index contributed by atoms with van der Waals surface area (Å²) in [7, 11) is -3.38. The van der Waals surface area contributed by atoms with E-state index in [2.05, 4.69) is 10.6 Å². The van der Waals surface area contributed by atoms with Crippen LogP contribution in [0.1, 0.15) is 25.1 Å². The van der Waals surface area contributed by atoms with E-state index in [4.69, 9.17) is 0 Å². The van der Waals surface area contributed by atoms with Crippen LogP contribution in [0.2, 0.25) is 0 Å². The van der Waals surface area contributed by atoms with E-state index >= 15 is 0 Å². The first-order valence-electron chi connectivity index (χ1n) is 8.06. The highest BCUT2D eigenvalue weighted by atomic mass is 32.2. The fourth-order valence-electron chi connectivity index (χ4n) is 2.65. The van der Waals surface area contributed by atoms with E-state index in [9.17, 15) is 13.2 Å². The van der Waals surface area contributed by atoms with Gasteiger partial charge in [0.2, 0.25) is 5.91 Å². The summed E-state index contributed by atoms with van der Waals surface area (Å²) in [5.74, 6) is 0.152. The first kappa shape index (κ1) is 18.4. The summed E-state index contributed by atoms with van der Waals surface area (Å²) in [5.41, 5.74) is 0. The molecule has 0 aliphatic carbocycles. The summed E-state index contributed by atoms with van der Waals surface area (Å²) < 4.78 is 26.7. The van der Waals surface area contributed by atoms with Gasteiger partial charge < -0.3 is 10.6 Å². The largest absolute Gasteiger partial charge is 0.355 e. The lowest BCUT2D eigenvalue weighted by Crippen LogP contribution is -2.33. The van der Waals surface area contributed by atoms with Crippen molar-refractivity contribution in [2.45, 2.75) is 30.9 Å². The van der Waals surface area contributed by atoms with Crippen LogP contribution in [0.15, 0.2) is 16.3 Å². The van der Waals surface area contributed by atoms with Gasteiger partial charge in [0.1, 0.15) is 4.21 Å². The van der Waals surface area contributed by atoms with Crippen LogP contribution in [-0.2, 0) is 21.2 Å². The monoisotopic (exact) mass is 359 g/mol. The average molecular weight is 360 g/mol. The topological polar surface area (TPSA) is 78.5 Å². The summed E-state index contributed by atoms with van der Waals surface area (Å²) >= 11 is 1.29. The van der Waals surface area contributed by atoms with Gasteiger partial charge in [-0.3, -0.25) is 4.79 Å². The molecule has 8 heteroatoms. The van der Waals surface area contributed by atoms with Crippen LogP contribution in [0, 0.1) is 5.92 Å². The van der Waals surface area contributed by atoms with Gasteiger partial charge in [-0.15, -0.1) is 11.3 Å². The highest BCUT2D eigenvalue weighted by Crippen LogP contribution is 2.25. The molecule has 1 unspecified atom stereocenters. The van der Waals surface area contributed by atoms with Gasteiger partial charge in [-0.1, -0.05) is 13.8 Å². The molecule has 0 saturated carbocycles. The van der Waals surface area contributed by atoms with E-state index in [0.29, 0.717) is 30.3 Å². The number of sulfonamides is 1. The molecule has 0 spiro atoms. The van der Waals surface area contributed by atoms with Crippen molar-refractivity contribution in [3.8, 4) is 0 Å². The lowest BCUT2D eigenvalue weighted by Gasteiger charge is -2.16. The van der Waals surface area contributed by atoms with E-state index in [-0.39, 0.29) is 11.8 Å². The molecule has 1 aliphatic heterocycles. The SMILES string of the molecule is CCN(CC)S(=O)(=O)c1ccc(CCNC(=O)C2CCNC2)s1. The molecule has 1 aromatic heterocycles. The van der Waals surface area contributed by atoms with E-state index in [1.807, 2.05) is 19.9 Å². The van der Waals surface area contributed by atoms with Gasteiger partial charge in [0.05, 0.1) is 5.92 Å². The number of nitrogens with one attached hydrogen (secondary N) is 2. The molecule has 0 radical (unpaired) electrons. The lowest BCUT2D eigenvalue weighted by molar-refractivity contribution is -0.124. The minimum absolute atomic E-state index is 0.0666. The molecule has 1 atom stereocenters. The second-order valence-electron chi connectivity index (χ2n) is 5.54. The zero-order chi connectivity index (χ0) is 16.9. The number of hydrogen-bond acceptors (Lipinski definition) is 5. The number of rotatable bonds is 8. The molecule has 2 N–H and O–H groups in total. The predicted molar refractivity (Wildman–Crippen MR) is 92.1 cm³/mol. The Balaban J connectivity index is 1.88. The van der Waals surface area contributed by atoms with Gasteiger partial charge >= 0.3 is 0 Å². The maximum absolute atomic E-state index is 12.4. The summed E-state index contributed by atoms with van der Waals surface area (Å²) in [6.45, 7) is 6.80. The molecule has 1 saturated heterocycles. The predicted octanol–water partition coefficient (Wildman–Crippen LogP) is 1.05. The Morgan fingerprint density at radius 3 is 2.74 bits per heavy atom. The maximum atomic E-state index is 12.4. The van der Waals surface area contributed by atoms with Crippen LogP contribution >= 0.6 is 11.3 Å². The third kappa shape index (κ3) is 4.53. The molecule has 0 aromatic carbocycles. The summed E-state index contributed by atoms with van der Waals surface area (Å²) in [5, 5.41) is 6.11. The standard InChI is InChI=1S/C15H25N3O3S2/c1-3-18(4-2)23(20,21)14-6-5-13(22-14)8-10-17-15(19)12-7-9-16-11-12/h5-6,12,16H,3-4,7-11H2,1-2H3,(H,17,19). The van der Waals surface area contributed by atoms with Crippen LogP contribution < -0.4 is 10.6 Å². The van der Waals surface area contributed by atoms with Crippen molar-refractivity contribution in [2.75, 3.05) is 32.7 Å². The van der Waals surface area contributed by atoms with Crippen LogP contribution in [0.3, 0.4) is 0 Å². The number of amides is 1. The summed E-state index contributed by atoms with van der Waals surface area (Å²) in [4.78, 5) is 12.9. The van der Waals surface area contributed by atoms with Crippen molar-refractivity contribution in [1.82, 2.24) is 14.9 Å². The fraction of sp³-hybridized carbons (Fsp3) is 0.667. The van der Waals surface area contributed by atoms with Crippen LogP contribution in [-0.4, -0.2) is 51.4 Å². The average Bonchev–Trinajstić information content (AvgIpc) is 3.20. The normalized spacial score (nSPS) is 18.5. The van der Waals surface area contributed by atoms with Gasteiger partial charge in [0.15, 0.2) is 0 Å². The molecule has 6 nitrogen and oxygen atoms in total. The van der Waals surface area contributed by atoms with Gasteiger partial charge in [-0.2, -0.15) is 4.31 Å². The first-order chi connectivity index (χ1) is 11.0. The molecule has 1 fully saturated rings. The molecule has 1 amide bonds. The molecular weight excluding hydrogens is 334 g/mol. The van der Waals surface area contributed by atoms with Crippen molar-refractivity contribution in [2.24, 2.45) is 5.92 Å². The summed E-state index contributed by atoms with van der Waals surface area (Å²) in [6, 6.07) is 3.50. The van der Waals surface area contributed by atoms with E-state index in [1.165, 1.54) is 15.6 Å². The van der Waals surface area contributed by atoms with Gasteiger partial charge in [0.25, 0.3) is 10.0 Å². The summed E-state index contributed by atoms with van der Waals surface area (Å²) in [6.07, 6.45) is 1.54. The van der Waals surface area contributed by atoms with Gasteiger partial charge in [0, 0.05) is 31.1 Å². The Morgan fingerprint density at radius 1 is 1.39 bits per heavy atom. The Kier molecular flexibility index (Phi) is 6.58. The van der Waals surface area contributed by atoms with Crippen molar-refractivity contribution in [3.05, 3.63) is 17.0 Å². The van der Waals surface area contributed by atoms with E-state index in [1.54, 1.807) is 6.07 Å². The second kappa shape index (κ2) is 8.23. The number of thiophene rings is 1. The van der Waals surface area contributed by atoms with Crippen molar-refractivity contribution >= 4 is 27.3 Å². The molecule has 23 heavy (non-hydrogen) atoms. The fourth-order valence-corrected chi connectivity index (χ4v) is 5.62. The van der Waals surface area contributed by atoms with Gasteiger partial charge in [-0.25, -0.2) is 8.42 Å². The van der Waals surface area contributed by atoms with Crippen molar-refractivity contribution in [3.63, 3.8) is 0 Å². The number of hydrogen-bond donors (Lipinski definition) is 2. The molecule has 2 rings (SSSR count). The zero-order valence-corrected chi connectivity index (χ0v) is 15.3.